The van der Waals surface area contributed by atoms with Gasteiger partial charge in [-0.15, -0.1) is 0 Å². The second-order valence-electron chi connectivity index (χ2n) is 2.73. The molecule has 0 bridgehead atoms. The Morgan fingerprint density at radius 2 is 1.86 bits per heavy atom. The third-order valence-electron chi connectivity index (χ3n) is 1.54. The number of rotatable bonds is 3. The van der Waals surface area contributed by atoms with Crippen molar-refractivity contribution in [3.05, 3.63) is 23.3 Å². The molecule has 0 fully saturated rings. The first-order valence-corrected chi connectivity index (χ1v) is 3.90. The van der Waals surface area contributed by atoms with Crippen molar-refractivity contribution >= 4 is 17.9 Å². The fourth-order valence-corrected chi connectivity index (χ4v) is 0.864. The van der Waals surface area contributed by atoms with Crippen LogP contribution in [0.4, 0.5) is 0 Å². The Morgan fingerprint density at radius 3 is 2.29 bits per heavy atom. The molecule has 5 heteroatoms. The molecule has 1 aromatic heterocycles. The number of Topliss-reactive ketones (excluding diaryl/α,β-unsaturated/α-hetero) is 2. The van der Waals surface area contributed by atoms with Gasteiger partial charge in [0.1, 0.15) is 11.4 Å². The van der Waals surface area contributed by atoms with Gasteiger partial charge in [0.05, 0.1) is 0 Å². The predicted molar refractivity (Wildman–Crippen MR) is 47.4 cm³/mol. The molecular formula is C9H8N2O3. The second-order valence-corrected chi connectivity index (χ2v) is 2.73. The minimum Gasteiger partial charge on any atom is -0.296 e. The molecular weight excluding hydrogens is 184 g/mol. The Morgan fingerprint density at radius 1 is 1.21 bits per heavy atom. The topological polar surface area (TPSA) is 77.0 Å². The second kappa shape index (κ2) is 3.87. The number of carbonyl (C=O) groups excluding carboxylic acids is 3. The average Bonchev–Trinajstić information content (AvgIpc) is 2.16. The summed E-state index contributed by atoms with van der Waals surface area (Å²) in [6, 6.07) is 1.25. The van der Waals surface area contributed by atoms with Gasteiger partial charge in [-0.25, -0.2) is 9.97 Å². The van der Waals surface area contributed by atoms with E-state index in [1.807, 2.05) is 0 Å². The van der Waals surface area contributed by atoms with Crippen molar-refractivity contribution in [3.8, 4) is 0 Å². The van der Waals surface area contributed by atoms with E-state index in [1.54, 1.807) is 0 Å². The SMILES string of the molecule is CC(=O)c1cc(C=O)nc(C(C)=O)n1. The van der Waals surface area contributed by atoms with Crippen LogP contribution in [0, 0.1) is 0 Å². The first-order valence-electron chi connectivity index (χ1n) is 3.90. The molecule has 0 unspecified atom stereocenters. The highest BCUT2D eigenvalue weighted by Crippen LogP contribution is 2.01. The first-order chi connectivity index (χ1) is 6.54. The van der Waals surface area contributed by atoms with E-state index in [-0.39, 0.29) is 28.8 Å². The van der Waals surface area contributed by atoms with Crippen molar-refractivity contribution in [2.75, 3.05) is 0 Å². The maximum atomic E-state index is 11.0. The Hall–Kier alpha value is -1.91. The van der Waals surface area contributed by atoms with Crippen LogP contribution < -0.4 is 0 Å². The maximum absolute atomic E-state index is 11.0. The number of carbonyl (C=O) groups is 3. The lowest BCUT2D eigenvalue weighted by atomic mass is 10.2. The molecule has 0 aliphatic carbocycles. The zero-order chi connectivity index (χ0) is 10.7. The summed E-state index contributed by atoms with van der Waals surface area (Å²) in [5.74, 6) is -0.797. The monoisotopic (exact) mass is 192 g/mol. The minimum atomic E-state index is -0.379. The zero-order valence-electron chi connectivity index (χ0n) is 7.77. The maximum Gasteiger partial charge on any atom is 0.197 e. The number of ketones is 2. The quantitative estimate of drug-likeness (QED) is 0.520. The van der Waals surface area contributed by atoms with E-state index < -0.39 is 0 Å². The van der Waals surface area contributed by atoms with Crippen molar-refractivity contribution in [1.29, 1.82) is 0 Å². The van der Waals surface area contributed by atoms with Gasteiger partial charge < -0.3 is 0 Å². The highest BCUT2D eigenvalue weighted by Gasteiger charge is 2.10. The van der Waals surface area contributed by atoms with E-state index in [0.717, 1.165) is 0 Å². The molecule has 1 rings (SSSR count). The largest absolute Gasteiger partial charge is 0.296 e. The molecule has 0 saturated carbocycles. The number of hydrogen-bond acceptors (Lipinski definition) is 5. The molecule has 1 aromatic rings. The summed E-state index contributed by atoms with van der Waals surface area (Å²) in [5.41, 5.74) is 0.114. The van der Waals surface area contributed by atoms with Crippen molar-refractivity contribution in [2.24, 2.45) is 0 Å². The van der Waals surface area contributed by atoms with Gasteiger partial charge in [0, 0.05) is 13.8 Å². The van der Waals surface area contributed by atoms with Crippen molar-refractivity contribution in [2.45, 2.75) is 13.8 Å². The molecule has 0 saturated heterocycles. The molecule has 0 N–H and O–H groups in total. The van der Waals surface area contributed by atoms with Gasteiger partial charge >= 0.3 is 0 Å². The molecule has 0 atom stereocenters. The highest BCUT2D eigenvalue weighted by molar-refractivity contribution is 5.96. The highest BCUT2D eigenvalue weighted by atomic mass is 16.1. The van der Waals surface area contributed by atoms with Gasteiger partial charge in [0.25, 0.3) is 0 Å². The van der Waals surface area contributed by atoms with Gasteiger partial charge in [-0.05, 0) is 6.07 Å². The lowest BCUT2D eigenvalue weighted by molar-refractivity contribution is 0.100. The van der Waals surface area contributed by atoms with Crippen molar-refractivity contribution < 1.29 is 14.4 Å². The number of hydrogen-bond donors (Lipinski definition) is 0. The van der Waals surface area contributed by atoms with Gasteiger partial charge in [-0.3, -0.25) is 14.4 Å². The molecule has 0 aliphatic heterocycles. The van der Waals surface area contributed by atoms with Crippen molar-refractivity contribution in [3.63, 3.8) is 0 Å². The Bertz CT molecular complexity index is 380. The van der Waals surface area contributed by atoms with E-state index in [2.05, 4.69) is 9.97 Å². The summed E-state index contributed by atoms with van der Waals surface area (Å²) < 4.78 is 0. The summed E-state index contributed by atoms with van der Waals surface area (Å²) in [5, 5.41) is 0. The third-order valence-corrected chi connectivity index (χ3v) is 1.54. The lowest BCUT2D eigenvalue weighted by Crippen LogP contribution is -2.09. The Kier molecular flexibility index (Phi) is 2.81. The van der Waals surface area contributed by atoms with E-state index in [4.69, 9.17) is 0 Å². The van der Waals surface area contributed by atoms with E-state index in [0.29, 0.717) is 6.29 Å². The van der Waals surface area contributed by atoms with Crippen LogP contribution in [0.1, 0.15) is 45.4 Å². The van der Waals surface area contributed by atoms with Crippen LogP contribution in [0.15, 0.2) is 6.07 Å². The molecule has 72 valence electrons. The molecule has 0 spiro atoms. The van der Waals surface area contributed by atoms with Crippen LogP contribution in [-0.2, 0) is 0 Å². The summed E-state index contributed by atoms with van der Waals surface area (Å²) in [4.78, 5) is 39.7. The fraction of sp³-hybridized carbons (Fsp3) is 0.222. The number of aldehydes is 1. The Labute approximate surface area is 80.2 Å². The third kappa shape index (κ3) is 2.07. The van der Waals surface area contributed by atoms with Crippen LogP contribution in [0.5, 0.6) is 0 Å². The smallest absolute Gasteiger partial charge is 0.197 e. The van der Waals surface area contributed by atoms with E-state index in [9.17, 15) is 14.4 Å². The van der Waals surface area contributed by atoms with Gasteiger partial charge in [0.2, 0.25) is 0 Å². The summed E-state index contributed by atoms with van der Waals surface area (Å²) in [6.45, 7) is 2.58. The van der Waals surface area contributed by atoms with Crippen molar-refractivity contribution in [1.82, 2.24) is 9.97 Å². The standard InChI is InChI=1S/C9H8N2O3/c1-5(13)8-3-7(4-12)10-9(11-8)6(2)14/h3-4H,1-2H3. The molecule has 0 aliphatic rings. The van der Waals surface area contributed by atoms with Gasteiger partial charge in [-0.2, -0.15) is 0 Å². The normalized spacial score (nSPS) is 9.57. The molecule has 5 nitrogen and oxygen atoms in total. The minimum absolute atomic E-state index is 0.0374. The summed E-state index contributed by atoms with van der Waals surface area (Å²) >= 11 is 0. The molecule has 0 aromatic carbocycles. The molecule has 14 heavy (non-hydrogen) atoms. The number of nitrogens with zero attached hydrogens (tertiary/aromatic N) is 2. The van der Waals surface area contributed by atoms with E-state index >= 15 is 0 Å². The van der Waals surface area contributed by atoms with Crippen LogP contribution in [-0.4, -0.2) is 27.8 Å². The predicted octanol–water partition coefficient (Wildman–Crippen LogP) is 0.694. The lowest BCUT2D eigenvalue weighted by Gasteiger charge is -1.99. The van der Waals surface area contributed by atoms with Crippen LogP contribution in [0.3, 0.4) is 0 Å². The van der Waals surface area contributed by atoms with Crippen LogP contribution in [0.25, 0.3) is 0 Å². The average molecular weight is 192 g/mol. The van der Waals surface area contributed by atoms with Crippen LogP contribution in [0.2, 0.25) is 0 Å². The number of aromatic nitrogens is 2. The van der Waals surface area contributed by atoms with Crippen LogP contribution >= 0.6 is 0 Å². The zero-order valence-corrected chi connectivity index (χ0v) is 7.77. The van der Waals surface area contributed by atoms with E-state index in [1.165, 1.54) is 19.9 Å². The van der Waals surface area contributed by atoms with Gasteiger partial charge in [0.15, 0.2) is 23.7 Å². The van der Waals surface area contributed by atoms with Gasteiger partial charge in [-0.1, -0.05) is 0 Å². The molecule has 0 amide bonds. The summed E-state index contributed by atoms with van der Waals surface area (Å²) in [7, 11) is 0. The summed E-state index contributed by atoms with van der Waals surface area (Å²) in [6.07, 6.45) is 0.473. The molecule has 1 heterocycles. The fourth-order valence-electron chi connectivity index (χ4n) is 0.864. The first kappa shape index (κ1) is 10.2. The molecule has 0 radical (unpaired) electrons. The Balaban J connectivity index is 3.34.